The van der Waals surface area contributed by atoms with Crippen LogP contribution in [-0.2, 0) is 22.6 Å². The second-order valence-electron chi connectivity index (χ2n) is 7.74. The molecule has 0 radical (unpaired) electrons. The van der Waals surface area contributed by atoms with Crippen LogP contribution < -0.4 is 5.32 Å². The minimum atomic E-state index is -0.572. The summed E-state index contributed by atoms with van der Waals surface area (Å²) in [5.74, 6) is -0.184. The Bertz CT molecular complexity index is 660. The number of carbonyl (C=O) groups is 2. The zero-order chi connectivity index (χ0) is 19.3. The van der Waals surface area contributed by atoms with Crippen LogP contribution in [0.15, 0.2) is 24.4 Å². The minimum absolute atomic E-state index is 0.184. The number of nitrogens with one attached hydrogen (secondary N) is 1. The topological polar surface area (TPSA) is 79.7 Å². The first-order valence-electron chi connectivity index (χ1n) is 8.74. The first kappa shape index (κ1) is 20.0. The Morgan fingerprint density at radius 1 is 1.38 bits per heavy atom. The molecule has 0 spiro atoms. The maximum Gasteiger partial charge on any atom is 0.410 e. The number of carbonyl (C=O) groups excluding carboxylic acids is 2. The van der Waals surface area contributed by atoms with Gasteiger partial charge in [0.2, 0.25) is 5.91 Å². The molecular weight excluding hydrogens is 334 g/mol. The molecule has 0 saturated heterocycles. The third-order valence-electron chi connectivity index (χ3n) is 3.73. The lowest BCUT2D eigenvalue weighted by atomic mass is 10.2. The molecule has 8 nitrogen and oxygen atoms in total. The van der Waals surface area contributed by atoms with Crippen LogP contribution >= 0.6 is 0 Å². The summed E-state index contributed by atoms with van der Waals surface area (Å²) >= 11 is 0. The Morgan fingerprint density at radius 3 is 2.77 bits per heavy atom. The Morgan fingerprint density at radius 2 is 2.12 bits per heavy atom. The molecule has 2 rings (SSSR count). The summed E-state index contributed by atoms with van der Waals surface area (Å²) in [7, 11) is 3.87. The van der Waals surface area contributed by atoms with Gasteiger partial charge in [-0.1, -0.05) is 6.08 Å². The summed E-state index contributed by atoms with van der Waals surface area (Å²) in [4.78, 5) is 28.3. The molecule has 144 valence electrons. The van der Waals surface area contributed by atoms with Gasteiger partial charge in [-0.05, 0) is 40.9 Å². The standard InChI is InChI=1S/C18H29N5O3/c1-18(2,3)26-17(25)22-11-14(12-23-15(13-22)8-9-19-23)20-16(24)7-6-10-21(4)5/h6-9,14H,10-13H2,1-5H3,(H,20,24)/b7-6+. The molecule has 1 aliphatic heterocycles. The number of likely N-dealkylation sites (N-methyl/N-ethyl adjacent to an activating group) is 1. The first-order chi connectivity index (χ1) is 12.1. The van der Waals surface area contributed by atoms with Gasteiger partial charge in [-0.3, -0.25) is 9.48 Å². The lowest BCUT2D eigenvalue weighted by molar-refractivity contribution is -0.117. The monoisotopic (exact) mass is 363 g/mol. The van der Waals surface area contributed by atoms with Crippen LogP contribution in [0.1, 0.15) is 26.5 Å². The number of hydrogen-bond acceptors (Lipinski definition) is 5. The maximum absolute atomic E-state index is 12.5. The van der Waals surface area contributed by atoms with Crippen molar-refractivity contribution in [2.24, 2.45) is 0 Å². The predicted molar refractivity (Wildman–Crippen MR) is 98.5 cm³/mol. The highest BCUT2D eigenvalue weighted by Gasteiger charge is 2.29. The third kappa shape index (κ3) is 6.18. The van der Waals surface area contributed by atoms with Crippen LogP contribution in [0.25, 0.3) is 0 Å². The minimum Gasteiger partial charge on any atom is -0.444 e. The average Bonchev–Trinajstić information content (AvgIpc) is 2.84. The quantitative estimate of drug-likeness (QED) is 0.814. The second kappa shape index (κ2) is 8.35. The van der Waals surface area contributed by atoms with E-state index in [-0.39, 0.29) is 11.9 Å². The van der Waals surface area contributed by atoms with Crippen molar-refractivity contribution in [3.8, 4) is 0 Å². The average molecular weight is 363 g/mol. The molecule has 1 unspecified atom stereocenters. The Labute approximate surface area is 154 Å². The molecule has 1 aromatic heterocycles. The molecule has 1 aliphatic rings. The molecule has 1 atom stereocenters. The number of ether oxygens (including phenoxy) is 1. The van der Waals surface area contributed by atoms with Gasteiger partial charge in [0.25, 0.3) is 0 Å². The van der Waals surface area contributed by atoms with E-state index in [4.69, 9.17) is 4.74 Å². The normalized spacial score (nSPS) is 17.9. The third-order valence-corrected chi connectivity index (χ3v) is 3.73. The van der Waals surface area contributed by atoms with E-state index in [9.17, 15) is 9.59 Å². The molecule has 2 amide bonds. The highest BCUT2D eigenvalue weighted by Crippen LogP contribution is 2.16. The lowest BCUT2D eigenvalue weighted by Gasteiger charge is -2.28. The highest BCUT2D eigenvalue weighted by molar-refractivity contribution is 5.87. The maximum atomic E-state index is 12.5. The van der Waals surface area contributed by atoms with E-state index in [1.165, 1.54) is 6.08 Å². The molecule has 0 aromatic carbocycles. The Balaban J connectivity index is 2.08. The molecule has 0 saturated carbocycles. The molecule has 0 bridgehead atoms. The number of amides is 2. The molecule has 8 heteroatoms. The van der Waals surface area contributed by atoms with Gasteiger partial charge in [0.15, 0.2) is 0 Å². The fourth-order valence-electron chi connectivity index (χ4n) is 2.63. The molecule has 1 N–H and O–H groups in total. The van der Waals surface area contributed by atoms with Gasteiger partial charge in [0, 0.05) is 25.4 Å². The predicted octanol–water partition coefficient (Wildman–Crippen LogP) is 1.24. The van der Waals surface area contributed by atoms with Gasteiger partial charge in [0.1, 0.15) is 5.60 Å². The summed E-state index contributed by atoms with van der Waals surface area (Å²) < 4.78 is 7.31. The van der Waals surface area contributed by atoms with Crippen LogP contribution in [0, 0.1) is 0 Å². The van der Waals surface area contributed by atoms with E-state index in [1.54, 1.807) is 17.2 Å². The van der Waals surface area contributed by atoms with E-state index in [0.717, 1.165) is 5.69 Å². The van der Waals surface area contributed by atoms with Gasteiger partial charge in [-0.2, -0.15) is 5.10 Å². The lowest BCUT2D eigenvalue weighted by Crippen LogP contribution is -2.46. The largest absolute Gasteiger partial charge is 0.444 e. The van der Waals surface area contributed by atoms with Gasteiger partial charge in [-0.15, -0.1) is 0 Å². The number of hydrogen-bond donors (Lipinski definition) is 1. The number of rotatable bonds is 4. The van der Waals surface area contributed by atoms with Crippen molar-refractivity contribution in [2.75, 3.05) is 27.2 Å². The highest BCUT2D eigenvalue weighted by atomic mass is 16.6. The van der Waals surface area contributed by atoms with E-state index in [0.29, 0.717) is 26.2 Å². The number of aromatic nitrogens is 2. The zero-order valence-electron chi connectivity index (χ0n) is 16.2. The molecule has 0 fully saturated rings. The van der Waals surface area contributed by atoms with Crippen molar-refractivity contribution in [2.45, 2.75) is 45.5 Å². The number of nitrogens with zero attached hydrogens (tertiary/aromatic N) is 4. The molecular formula is C18H29N5O3. The summed E-state index contributed by atoms with van der Waals surface area (Å²) in [5.41, 5.74) is 0.341. The van der Waals surface area contributed by atoms with Crippen molar-refractivity contribution in [1.82, 2.24) is 24.9 Å². The summed E-state index contributed by atoms with van der Waals surface area (Å²) in [6.45, 7) is 7.47. The zero-order valence-corrected chi connectivity index (χ0v) is 16.2. The van der Waals surface area contributed by atoms with Gasteiger partial charge in [0.05, 0.1) is 24.8 Å². The summed E-state index contributed by atoms with van der Waals surface area (Å²) in [6, 6.07) is 1.62. The molecule has 1 aromatic rings. The van der Waals surface area contributed by atoms with Gasteiger partial charge < -0.3 is 19.9 Å². The van der Waals surface area contributed by atoms with Gasteiger partial charge in [-0.25, -0.2) is 4.79 Å². The van der Waals surface area contributed by atoms with Crippen LogP contribution in [0.5, 0.6) is 0 Å². The fraction of sp³-hybridized carbons (Fsp3) is 0.611. The van der Waals surface area contributed by atoms with E-state index >= 15 is 0 Å². The van der Waals surface area contributed by atoms with Crippen LogP contribution in [-0.4, -0.2) is 70.4 Å². The number of fused-ring (bicyclic) bond motifs is 1. The Kier molecular flexibility index (Phi) is 6.42. The van der Waals surface area contributed by atoms with Crippen LogP contribution in [0.4, 0.5) is 4.79 Å². The van der Waals surface area contributed by atoms with Crippen molar-refractivity contribution < 1.29 is 14.3 Å². The van der Waals surface area contributed by atoms with Crippen molar-refractivity contribution in [3.05, 3.63) is 30.1 Å². The van der Waals surface area contributed by atoms with Crippen molar-refractivity contribution in [3.63, 3.8) is 0 Å². The smallest absolute Gasteiger partial charge is 0.410 e. The second-order valence-corrected chi connectivity index (χ2v) is 7.74. The van der Waals surface area contributed by atoms with E-state index in [1.807, 2.05) is 50.5 Å². The van der Waals surface area contributed by atoms with Crippen LogP contribution in [0.3, 0.4) is 0 Å². The molecule has 2 heterocycles. The van der Waals surface area contributed by atoms with Crippen molar-refractivity contribution in [1.29, 1.82) is 0 Å². The first-order valence-corrected chi connectivity index (χ1v) is 8.74. The summed E-state index contributed by atoms with van der Waals surface area (Å²) in [6.07, 6.45) is 4.63. The van der Waals surface area contributed by atoms with E-state index in [2.05, 4.69) is 10.4 Å². The summed E-state index contributed by atoms with van der Waals surface area (Å²) in [5, 5.41) is 7.25. The SMILES string of the molecule is CN(C)C/C=C/C(=O)NC1CN(C(=O)OC(C)(C)C)Cc2ccnn2C1. The van der Waals surface area contributed by atoms with Crippen LogP contribution in [0.2, 0.25) is 0 Å². The molecule has 26 heavy (non-hydrogen) atoms. The Hall–Kier alpha value is -2.35. The van der Waals surface area contributed by atoms with Gasteiger partial charge >= 0.3 is 6.09 Å². The van der Waals surface area contributed by atoms with E-state index < -0.39 is 11.7 Å². The fourth-order valence-corrected chi connectivity index (χ4v) is 2.63. The molecule has 0 aliphatic carbocycles. The van der Waals surface area contributed by atoms with Crippen molar-refractivity contribution >= 4 is 12.0 Å².